The molecule has 3 nitrogen and oxygen atoms in total. The monoisotopic (exact) mass is 441 g/mol. The largest absolute Gasteiger partial charge is 0.455 e. The zero-order valence-electron chi connectivity index (χ0n) is 15.3. The number of aromatic nitrogens is 1. The van der Waals surface area contributed by atoms with Gasteiger partial charge in [-0.1, -0.05) is 25.1 Å². The van der Waals surface area contributed by atoms with Gasteiger partial charge in [0.25, 0.3) is 0 Å². The molecule has 0 saturated carbocycles. The Balaban J connectivity index is 2.08. The van der Waals surface area contributed by atoms with Crippen molar-refractivity contribution in [1.29, 1.82) is 0 Å². The molecule has 11 heteroatoms. The van der Waals surface area contributed by atoms with Gasteiger partial charge in [0.05, 0.1) is 11.3 Å². The molecule has 30 heavy (non-hydrogen) atoms. The van der Waals surface area contributed by atoms with E-state index in [4.69, 9.17) is 0 Å². The van der Waals surface area contributed by atoms with Gasteiger partial charge in [0.15, 0.2) is 6.61 Å². The Labute approximate surface area is 165 Å². The fourth-order valence-corrected chi connectivity index (χ4v) is 2.29. The van der Waals surface area contributed by atoms with Gasteiger partial charge in [-0.25, -0.2) is 13.6 Å². The molecule has 1 aromatic carbocycles. The van der Waals surface area contributed by atoms with Crippen LogP contribution in [0.4, 0.5) is 35.1 Å². The van der Waals surface area contributed by atoms with Crippen molar-refractivity contribution in [2.75, 3.05) is 6.61 Å². The lowest BCUT2D eigenvalue weighted by Gasteiger charge is -2.31. The lowest BCUT2D eigenvalue weighted by molar-refractivity contribution is -0.343. The van der Waals surface area contributed by atoms with Gasteiger partial charge in [-0.2, -0.15) is 26.3 Å². The number of hydrogen-bond donors (Lipinski definition) is 0. The average molecular weight is 441 g/mol. The van der Waals surface area contributed by atoms with Crippen LogP contribution >= 0.6 is 0 Å². The maximum absolute atomic E-state index is 13.4. The second kappa shape index (κ2) is 8.57. The number of benzene rings is 1. The first-order valence-corrected chi connectivity index (χ1v) is 8.47. The molecule has 0 amide bonds. The Hall–Kier alpha value is -2.72. The summed E-state index contributed by atoms with van der Waals surface area (Å²) in [5, 5.41) is 0. The van der Waals surface area contributed by atoms with E-state index in [1.165, 1.54) is 12.1 Å². The number of pyridine rings is 1. The minimum Gasteiger partial charge on any atom is -0.455 e. The molecule has 0 saturated heterocycles. The predicted octanol–water partition coefficient (Wildman–Crippen LogP) is 5.64. The van der Waals surface area contributed by atoms with E-state index in [9.17, 15) is 39.9 Å². The zero-order valence-corrected chi connectivity index (χ0v) is 15.3. The molecule has 2 aromatic rings. The van der Waals surface area contributed by atoms with E-state index in [0.717, 1.165) is 24.1 Å². The Morgan fingerprint density at radius 2 is 1.60 bits per heavy atom. The summed E-state index contributed by atoms with van der Waals surface area (Å²) >= 11 is 0. The third-order valence-electron chi connectivity index (χ3n) is 4.19. The summed E-state index contributed by atoms with van der Waals surface area (Å²) in [7, 11) is 0. The smallest absolute Gasteiger partial charge is 0.381 e. The molecule has 0 spiro atoms. The van der Waals surface area contributed by atoms with Crippen molar-refractivity contribution in [3.63, 3.8) is 0 Å². The second-order valence-corrected chi connectivity index (χ2v) is 6.26. The van der Waals surface area contributed by atoms with Crippen LogP contribution in [0, 0.1) is 0 Å². The highest BCUT2D eigenvalue weighted by Gasteiger charge is 2.75. The zero-order chi connectivity index (χ0) is 22.7. The highest BCUT2D eigenvalue weighted by molar-refractivity contribution is 5.90. The molecular formula is C19H15F8NO2. The van der Waals surface area contributed by atoms with E-state index in [-0.39, 0.29) is 5.56 Å². The molecule has 0 atom stereocenters. The van der Waals surface area contributed by atoms with Crippen molar-refractivity contribution in [3.8, 4) is 11.3 Å². The summed E-state index contributed by atoms with van der Waals surface area (Å²) < 4.78 is 107. The van der Waals surface area contributed by atoms with E-state index in [1.54, 1.807) is 12.3 Å². The molecule has 0 radical (unpaired) electrons. The van der Waals surface area contributed by atoms with Crippen molar-refractivity contribution < 1.29 is 44.7 Å². The van der Waals surface area contributed by atoms with Crippen molar-refractivity contribution in [2.24, 2.45) is 0 Å². The topological polar surface area (TPSA) is 39.2 Å². The van der Waals surface area contributed by atoms with E-state index in [2.05, 4.69) is 9.72 Å². The number of hydrogen-bond acceptors (Lipinski definition) is 3. The SMILES string of the molecule is CCc1ccc(-c2ccc(C(=O)OCC(F)(F)C(F)(F)C(F)(F)C(F)F)cc2)nc1. The van der Waals surface area contributed by atoms with Gasteiger partial charge in [-0.3, -0.25) is 4.98 Å². The van der Waals surface area contributed by atoms with Crippen molar-refractivity contribution in [3.05, 3.63) is 53.7 Å². The summed E-state index contributed by atoms with van der Waals surface area (Å²) in [6, 6.07) is 8.53. The van der Waals surface area contributed by atoms with Crippen LogP contribution < -0.4 is 0 Å². The van der Waals surface area contributed by atoms with Crippen LogP contribution in [0.25, 0.3) is 11.3 Å². The number of aryl methyl sites for hydroxylation is 1. The Bertz CT molecular complexity index is 867. The number of alkyl halides is 8. The number of esters is 1. The first-order chi connectivity index (χ1) is 13.8. The molecule has 2 rings (SSSR count). The number of ether oxygens (including phenoxy) is 1. The van der Waals surface area contributed by atoms with Crippen LogP contribution in [0.1, 0.15) is 22.8 Å². The molecule has 0 aliphatic rings. The molecule has 0 aliphatic carbocycles. The van der Waals surface area contributed by atoms with E-state index in [0.29, 0.717) is 11.3 Å². The highest BCUT2D eigenvalue weighted by Crippen LogP contribution is 2.48. The summed E-state index contributed by atoms with van der Waals surface area (Å²) in [5.74, 6) is -20.0. The first-order valence-electron chi connectivity index (χ1n) is 8.47. The summed E-state index contributed by atoms with van der Waals surface area (Å²) in [6.45, 7) is -0.575. The van der Waals surface area contributed by atoms with Gasteiger partial charge < -0.3 is 4.74 Å². The number of halogens is 8. The maximum atomic E-state index is 13.4. The van der Waals surface area contributed by atoms with Gasteiger partial charge in [0.2, 0.25) is 0 Å². The number of rotatable bonds is 8. The normalized spacial score (nSPS) is 12.9. The molecular weight excluding hydrogens is 426 g/mol. The molecule has 1 heterocycles. The fraction of sp³-hybridized carbons (Fsp3) is 0.368. The molecule has 0 N–H and O–H groups in total. The standard InChI is InChI=1S/C19H15F8NO2/c1-2-11-3-8-14(28-9-11)12-4-6-13(7-5-12)15(29)30-10-17(22,23)19(26,27)18(24,25)16(20)21/h3-9,16H,2,10H2,1H3. The van der Waals surface area contributed by atoms with Crippen LogP contribution in [0.15, 0.2) is 42.6 Å². The molecule has 0 bridgehead atoms. The summed E-state index contributed by atoms with van der Waals surface area (Å²) in [5.41, 5.74) is 1.72. The van der Waals surface area contributed by atoms with Crippen LogP contribution in [-0.4, -0.2) is 41.8 Å². The fourth-order valence-electron chi connectivity index (χ4n) is 2.29. The third kappa shape index (κ3) is 4.54. The Morgan fingerprint density at radius 1 is 1.00 bits per heavy atom. The lowest BCUT2D eigenvalue weighted by atomic mass is 10.1. The summed E-state index contributed by atoms with van der Waals surface area (Å²) in [4.78, 5) is 16.0. The quantitative estimate of drug-likeness (QED) is 0.393. The third-order valence-corrected chi connectivity index (χ3v) is 4.19. The Kier molecular flexibility index (Phi) is 6.73. The minimum atomic E-state index is -6.44. The van der Waals surface area contributed by atoms with Gasteiger partial charge in [-0.15, -0.1) is 0 Å². The average Bonchev–Trinajstić information content (AvgIpc) is 2.71. The number of carbonyl (C=O) groups is 1. The van der Waals surface area contributed by atoms with E-state index >= 15 is 0 Å². The highest BCUT2D eigenvalue weighted by atomic mass is 19.4. The van der Waals surface area contributed by atoms with Crippen LogP contribution in [0.2, 0.25) is 0 Å². The lowest BCUT2D eigenvalue weighted by Crippen LogP contribution is -2.59. The molecule has 1 aromatic heterocycles. The van der Waals surface area contributed by atoms with Crippen LogP contribution in [0.3, 0.4) is 0 Å². The van der Waals surface area contributed by atoms with Crippen LogP contribution in [-0.2, 0) is 11.2 Å². The van der Waals surface area contributed by atoms with Gasteiger partial charge in [0.1, 0.15) is 0 Å². The van der Waals surface area contributed by atoms with Crippen LogP contribution in [0.5, 0.6) is 0 Å². The first kappa shape index (κ1) is 23.6. The molecule has 0 unspecified atom stereocenters. The summed E-state index contributed by atoms with van der Waals surface area (Å²) in [6.07, 6.45) is -2.64. The minimum absolute atomic E-state index is 0.344. The van der Waals surface area contributed by atoms with E-state index < -0.39 is 36.8 Å². The van der Waals surface area contributed by atoms with E-state index in [1.807, 2.05) is 13.0 Å². The second-order valence-electron chi connectivity index (χ2n) is 6.26. The number of nitrogens with zero attached hydrogens (tertiary/aromatic N) is 1. The van der Waals surface area contributed by atoms with Crippen molar-refractivity contribution >= 4 is 5.97 Å². The molecule has 0 aliphatic heterocycles. The van der Waals surface area contributed by atoms with Gasteiger partial charge in [0, 0.05) is 11.8 Å². The van der Waals surface area contributed by atoms with Gasteiger partial charge in [-0.05, 0) is 30.2 Å². The predicted molar refractivity (Wildman–Crippen MR) is 90.2 cm³/mol. The molecule has 164 valence electrons. The molecule has 0 fully saturated rings. The maximum Gasteiger partial charge on any atom is 0.381 e. The number of carbonyl (C=O) groups excluding carboxylic acids is 1. The van der Waals surface area contributed by atoms with Gasteiger partial charge >= 0.3 is 30.2 Å². The Morgan fingerprint density at radius 3 is 2.07 bits per heavy atom. The van der Waals surface area contributed by atoms with Crippen molar-refractivity contribution in [1.82, 2.24) is 4.98 Å². The van der Waals surface area contributed by atoms with Crippen molar-refractivity contribution in [2.45, 2.75) is 37.5 Å².